The van der Waals surface area contributed by atoms with Crippen LogP contribution in [-0.2, 0) is 12.7 Å². The number of nitrogens with zero attached hydrogens (tertiary/aromatic N) is 1. The van der Waals surface area contributed by atoms with Gasteiger partial charge in [-0.2, -0.15) is 13.2 Å². The van der Waals surface area contributed by atoms with Crippen molar-refractivity contribution in [1.82, 2.24) is 10.2 Å². The Labute approximate surface area is 124 Å². The quantitative estimate of drug-likeness (QED) is 0.892. The highest BCUT2D eigenvalue weighted by molar-refractivity contribution is 5.25. The van der Waals surface area contributed by atoms with Gasteiger partial charge in [0.05, 0.1) is 5.56 Å². The summed E-state index contributed by atoms with van der Waals surface area (Å²) in [5, 5.41) is 3.27. The number of halogens is 3. The molecule has 0 aliphatic carbocycles. The Morgan fingerprint density at radius 3 is 2.57 bits per heavy atom. The zero-order valence-electron chi connectivity index (χ0n) is 12.4. The second-order valence-corrected chi connectivity index (χ2v) is 5.77. The maximum Gasteiger partial charge on any atom is 0.416 e. The van der Waals surface area contributed by atoms with E-state index >= 15 is 0 Å². The lowest BCUT2D eigenvalue weighted by molar-refractivity contribution is -0.137. The molecule has 0 amide bonds. The lowest BCUT2D eigenvalue weighted by Crippen LogP contribution is -2.42. The monoisotopic (exact) mass is 300 g/mol. The molecule has 2 nitrogen and oxygen atoms in total. The fourth-order valence-corrected chi connectivity index (χ4v) is 2.77. The summed E-state index contributed by atoms with van der Waals surface area (Å²) in [5.74, 6) is 0. The van der Waals surface area contributed by atoms with E-state index in [0.717, 1.165) is 25.7 Å². The van der Waals surface area contributed by atoms with Crippen molar-refractivity contribution in [2.45, 2.75) is 44.9 Å². The maximum atomic E-state index is 12.6. The maximum absolute atomic E-state index is 12.6. The minimum Gasteiger partial charge on any atom is -0.311 e. The predicted molar refractivity (Wildman–Crippen MR) is 78.0 cm³/mol. The number of hydrogen-bond donors (Lipinski definition) is 1. The van der Waals surface area contributed by atoms with Crippen LogP contribution in [0.1, 0.15) is 37.3 Å². The Bertz CT molecular complexity index is 439. The summed E-state index contributed by atoms with van der Waals surface area (Å²) in [6, 6.07) is 5.95. The number of benzene rings is 1. The van der Waals surface area contributed by atoms with E-state index < -0.39 is 11.7 Å². The van der Waals surface area contributed by atoms with Crippen LogP contribution in [0.15, 0.2) is 24.3 Å². The number of alkyl halides is 3. The molecule has 1 saturated heterocycles. The van der Waals surface area contributed by atoms with E-state index in [-0.39, 0.29) is 0 Å². The first-order valence-electron chi connectivity index (χ1n) is 7.58. The van der Waals surface area contributed by atoms with E-state index in [4.69, 9.17) is 0 Å². The summed E-state index contributed by atoms with van der Waals surface area (Å²) in [5.41, 5.74) is 0.0987. The first-order valence-corrected chi connectivity index (χ1v) is 7.58. The van der Waals surface area contributed by atoms with Crippen LogP contribution >= 0.6 is 0 Å². The van der Waals surface area contributed by atoms with Crippen LogP contribution < -0.4 is 5.32 Å². The number of hydrogen-bond acceptors (Lipinski definition) is 2. The van der Waals surface area contributed by atoms with Gasteiger partial charge < -0.3 is 5.32 Å². The molecule has 2 rings (SSSR count). The van der Waals surface area contributed by atoms with Crippen LogP contribution in [0, 0.1) is 0 Å². The smallest absolute Gasteiger partial charge is 0.311 e. The Kier molecular flexibility index (Phi) is 5.65. The lowest BCUT2D eigenvalue weighted by Gasteiger charge is -2.32. The van der Waals surface area contributed by atoms with Gasteiger partial charge in [-0.3, -0.25) is 4.90 Å². The number of rotatable bonds is 5. The highest BCUT2D eigenvalue weighted by Gasteiger charge is 2.30. The highest BCUT2D eigenvalue weighted by atomic mass is 19.4. The SMILES string of the molecule is CC(CNCc1cccc(C(F)(F)F)c1)N1CCCCC1. The average molecular weight is 300 g/mol. The minimum absolute atomic E-state index is 0.427. The molecule has 1 N–H and O–H groups in total. The third-order valence-electron chi connectivity index (χ3n) is 4.04. The molecule has 0 aromatic heterocycles. The molecule has 1 aliphatic heterocycles. The van der Waals surface area contributed by atoms with Gasteiger partial charge in [0.15, 0.2) is 0 Å². The standard InChI is InChI=1S/C16H23F3N2/c1-13(21-8-3-2-4-9-21)11-20-12-14-6-5-7-15(10-14)16(17,18)19/h5-7,10,13,20H,2-4,8-9,11-12H2,1H3. The van der Waals surface area contributed by atoms with Gasteiger partial charge in [0.1, 0.15) is 0 Å². The molecule has 0 spiro atoms. The fourth-order valence-electron chi connectivity index (χ4n) is 2.77. The molecular formula is C16H23F3N2. The van der Waals surface area contributed by atoms with E-state index in [1.54, 1.807) is 6.07 Å². The lowest BCUT2D eigenvalue weighted by atomic mass is 10.1. The molecule has 5 heteroatoms. The van der Waals surface area contributed by atoms with Crippen molar-refractivity contribution in [2.24, 2.45) is 0 Å². The molecule has 1 aliphatic rings. The molecule has 1 aromatic carbocycles. The van der Waals surface area contributed by atoms with E-state index in [9.17, 15) is 13.2 Å². The molecule has 21 heavy (non-hydrogen) atoms. The zero-order chi connectivity index (χ0) is 15.3. The first-order chi connectivity index (χ1) is 9.97. The minimum atomic E-state index is -4.27. The van der Waals surface area contributed by atoms with Crippen LogP contribution in [0.4, 0.5) is 13.2 Å². The number of nitrogens with one attached hydrogen (secondary N) is 1. The van der Waals surface area contributed by atoms with E-state index in [1.165, 1.54) is 31.4 Å². The summed E-state index contributed by atoms with van der Waals surface area (Å²) in [4.78, 5) is 2.45. The van der Waals surface area contributed by atoms with Crippen LogP contribution in [0.25, 0.3) is 0 Å². The molecule has 1 fully saturated rings. The summed E-state index contributed by atoms with van der Waals surface area (Å²) in [6.07, 6.45) is -0.464. The van der Waals surface area contributed by atoms with Crippen molar-refractivity contribution >= 4 is 0 Å². The molecule has 0 bridgehead atoms. The molecule has 1 unspecified atom stereocenters. The third kappa shape index (κ3) is 5.00. The number of likely N-dealkylation sites (tertiary alicyclic amines) is 1. The number of piperidine rings is 1. The Morgan fingerprint density at radius 1 is 1.19 bits per heavy atom. The Balaban J connectivity index is 1.80. The van der Waals surface area contributed by atoms with Crippen LogP contribution in [0.5, 0.6) is 0 Å². The summed E-state index contributed by atoms with van der Waals surface area (Å²) in [6.45, 7) is 5.71. The zero-order valence-corrected chi connectivity index (χ0v) is 12.4. The van der Waals surface area contributed by atoms with Gasteiger partial charge in [-0.15, -0.1) is 0 Å². The van der Waals surface area contributed by atoms with Gasteiger partial charge >= 0.3 is 6.18 Å². The highest BCUT2D eigenvalue weighted by Crippen LogP contribution is 2.29. The van der Waals surface area contributed by atoms with E-state index in [0.29, 0.717) is 18.2 Å². The second kappa shape index (κ2) is 7.27. The van der Waals surface area contributed by atoms with Crippen molar-refractivity contribution in [3.63, 3.8) is 0 Å². The predicted octanol–water partition coefficient (Wildman–Crippen LogP) is 3.67. The molecule has 0 radical (unpaired) electrons. The molecule has 1 heterocycles. The van der Waals surface area contributed by atoms with E-state index in [1.807, 2.05) is 0 Å². The summed E-state index contributed by atoms with van der Waals surface area (Å²) >= 11 is 0. The molecule has 0 saturated carbocycles. The van der Waals surface area contributed by atoms with Crippen molar-refractivity contribution in [3.05, 3.63) is 35.4 Å². The van der Waals surface area contributed by atoms with Crippen LogP contribution in [0.2, 0.25) is 0 Å². The Morgan fingerprint density at radius 2 is 1.90 bits per heavy atom. The molecule has 118 valence electrons. The van der Waals surface area contributed by atoms with Crippen molar-refractivity contribution < 1.29 is 13.2 Å². The van der Waals surface area contributed by atoms with Gasteiger partial charge in [0.2, 0.25) is 0 Å². The van der Waals surface area contributed by atoms with Gasteiger partial charge in [0, 0.05) is 19.1 Å². The fraction of sp³-hybridized carbons (Fsp3) is 0.625. The third-order valence-corrected chi connectivity index (χ3v) is 4.04. The summed E-state index contributed by atoms with van der Waals surface area (Å²) in [7, 11) is 0. The Hall–Kier alpha value is -1.07. The van der Waals surface area contributed by atoms with Gasteiger partial charge in [-0.25, -0.2) is 0 Å². The topological polar surface area (TPSA) is 15.3 Å². The van der Waals surface area contributed by atoms with Crippen molar-refractivity contribution in [2.75, 3.05) is 19.6 Å². The largest absolute Gasteiger partial charge is 0.416 e. The molecule has 1 aromatic rings. The normalized spacial score (nSPS) is 18.7. The molecular weight excluding hydrogens is 277 g/mol. The van der Waals surface area contributed by atoms with Gasteiger partial charge in [-0.1, -0.05) is 24.6 Å². The van der Waals surface area contributed by atoms with Crippen LogP contribution in [0.3, 0.4) is 0 Å². The second-order valence-electron chi connectivity index (χ2n) is 5.77. The molecule has 1 atom stereocenters. The van der Waals surface area contributed by atoms with Gasteiger partial charge in [0.25, 0.3) is 0 Å². The first kappa shape index (κ1) is 16.3. The van der Waals surface area contributed by atoms with Gasteiger partial charge in [-0.05, 0) is 44.5 Å². The van der Waals surface area contributed by atoms with E-state index in [2.05, 4.69) is 17.1 Å². The average Bonchev–Trinajstić information content (AvgIpc) is 2.47. The van der Waals surface area contributed by atoms with Crippen LogP contribution in [-0.4, -0.2) is 30.6 Å². The van der Waals surface area contributed by atoms with Crippen molar-refractivity contribution in [1.29, 1.82) is 0 Å². The van der Waals surface area contributed by atoms with Crippen molar-refractivity contribution in [3.8, 4) is 0 Å². The summed E-state index contributed by atoms with van der Waals surface area (Å²) < 4.78 is 37.9.